The molecule has 188 valence electrons. The molecular weight excluding hydrogens is 430 g/mol. The van der Waals surface area contributed by atoms with E-state index < -0.39 is 5.41 Å². The van der Waals surface area contributed by atoms with Crippen molar-refractivity contribution in [3.63, 3.8) is 0 Å². The molecule has 1 heterocycles. The molecule has 0 saturated carbocycles. The zero-order valence-corrected chi connectivity index (χ0v) is 22.3. The van der Waals surface area contributed by atoms with Crippen LogP contribution in [0.1, 0.15) is 108 Å². The van der Waals surface area contributed by atoms with E-state index in [1.165, 1.54) is 42.5 Å². The molecule has 1 aliphatic carbocycles. The number of hydrogen-bond donors (Lipinski definition) is 0. The van der Waals surface area contributed by atoms with Crippen LogP contribution in [0, 0.1) is 0 Å². The Kier molecular flexibility index (Phi) is 8.36. The number of fused-ring (bicyclic) bond motifs is 5. The van der Waals surface area contributed by atoms with Crippen molar-refractivity contribution in [1.29, 1.82) is 0 Å². The smallest absolute Gasteiger partial charge is 0.209 e. The first-order chi connectivity index (χ1) is 17.1. The molecule has 0 radical (unpaired) electrons. The molecule has 3 aromatic rings. The van der Waals surface area contributed by atoms with Gasteiger partial charge in [0.15, 0.2) is 5.76 Å². The Hall–Kier alpha value is -2.55. The third-order valence-corrected chi connectivity index (χ3v) is 7.87. The van der Waals surface area contributed by atoms with Crippen LogP contribution in [0.2, 0.25) is 0 Å². The van der Waals surface area contributed by atoms with Gasteiger partial charge >= 0.3 is 0 Å². The summed E-state index contributed by atoms with van der Waals surface area (Å²) < 4.78 is 6.50. The van der Waals surface area contributed by atoms with Gasteiger partial charge in [-0.1, -0.05) is 90.5 Å². The number of ketones is 1. The van der Waals surface area contributed by atoms with Gasteiger partial charge in [-0.05, 0) is 48.9 Å². The second kappa shape index (κ2) is 11.5. The van der Waals surface area contributed by atoms with Crippen LogP contribution in [0.3, 0.4) is 0 Å². The highest BCUT2D eigenvalue weighted by atomic mass is 16.3. The fraction of sp³-hybridized carbons (Fsp3) is 0.531. The SMILES string of the molecule is CCCCN(CCCC)c1ccc2c3c(oc2c1)C(=O)C(CCCC)(CCCC)c1ccccc1-3. The van der Waals surface area contributed by atoms with E-state index in [-0.39, 0.29) is 5.78 Å². The second-order valence-electron chi connectivity index (χ2n) is 10.3. The zero-order chi connectivity index (χ0) is 24.8. The summed E-state index contributed by atoms with van der Waals surface area (Å²) in [5.74, 6) is 0.774. The van der Waals surface area contributed by atoms with Crippen LogP contribution in [0.25, 0.3) is 22.1 Å². The number of Topliss-reactive ketones (excluding diaryl/α,β-unsaturated/α-hetero) is 1. The van der Waals surface area contributed by atoms with Crippen molar-refractivity contribution < 1.29 is 9.21 Å². The van der Waals surface area contributed by atoms with E-state index in [4.69, 9.17) is 4.42 Å². The van der Waals surface area contributed by atoms with Gasteiger partial charge in [-0.2, -0.15) is 0 Å². The van der Waals surface area contributed by atoms with Crippen molar-refractivity contribution in [2.75, 3.05) is 18.0 Å². The van der Waals surface area contributed by atoms with E-state index >= 15 is 0 Å². The van der Waals surface area contributed by atoms with Crippen molar-refractivity contribution in [2.24, 2.45) is 0 Å². The molecule has 0 atom stereocenters. The van der Waals surface area contributed by atoms with Crippen molar-refractivity contribution in [1.82, 2.24) is 0 Å². The predicted molar refractivity (Wildman–Crippen MR) is 149 cm³/mol. The highest BCUT2D eigenvalue weighted by Crippen LogP contribution is 2.51. The van der Waals surface area contributed by atoms with Crippen molar-refractivity contribution in [2.45, 2.75) is 97.3 Å². The largest absolute Gasteiger partial charge is 0.452 e. The molecule has 0 spiro atoms. The Morgan fingerprint density at radius 2 is 1.43 bits per heavy atom. The van der Waals surface area contributed by atoms with Crippen LogP contribution in [0.4, 0.5) is 5.69 Å². The van der Waals surface area contributed by atoms with Gasteiger partial charge in [0, 0.05) is 35.8 Å². The molecule has 1 aromatic heterocycles. The summed E-state index contributed by atoms with van der Waals surface area (Å²) in [5.41, 5.74) is 4.98. The molecule has 3 nitrogen and oxygen atoms in total. The normalized spacial score (nSPS) is 14.2. The fourth-order valence-electron chi connectivity index (χ4n) is 5.81. The summed E-state index contributed by atoms with van der Waals surface area (Å²) >= 11 is 0. The lowest BCUT2D eigenvalue weighted by molar-refractivity contribution is 0.0827. The summed E-state index contributed by atoms with van der Waals surface area (Å²) in [5, 5.41) is 1.06. The first kappa shape index (κ1) is 25.5. The molecule has 3 heteroatoms. The number of unbranched alkanes of at least 4 members (excludes halogenated alkanes) is 4. The maximum absolute atomic E-state index is 14.3. The van der Waals surface area contributed by atoms with Crippen molar-refractivity contribution in [3.05, 3.63) is 53.8 Å². The van der Waals surface area contributed by atoms with Crippen molar-refractivity contribution >= 4 is 22.4 Å². The van der Waals surface area contributed by atoms with Gasteiger partial charge in [-0.25, -0.2) is 0 Å². The number of nitrogens with zero attached hydrogens (tertiary/aromatic N) is 1. The van der Waals surface area contributed by atoms with Crippen LogP contribution in [0.5, 0.6) is 0 Å². The standard InChI is InChI=1S/C32H43NO2/c1-5-9-19-32(20-10-6-2)27-16-14-13-15-25(27)29-26-18-17-24(23-28(26)35-30(29)31(32)34)33(21-11-7-3)22-12-8-4/h13-18,23H,5-12,19-22H2,1-4H3. The lowest BCUT2D eigenvalue weighted by Crippen LogP contribution is -2.39. The third-order valence-electron chi connectivity index (χ3n) is 7.87. The van der Waals surface area contributed by atoms with Crippen LogP contribution in [-0.2, 0) is 5.41 Å². The minimum Gasteiger partial charge on any atom is -0.452 e. The van der Waals surface area contributed by atoms with E-state index in [1.807, 2.05) is 0 Å². The highest BCUT2D eigenvalue weighted by Gasteiger charge is 2.47. The number of hydrogen-bond acceptors (Lipinski definition) is 3. The average Bonchev–Trinajstić information content (AvgIpc) is 3.27. The lowest BCUT2D eigenvalue weighted by atomic mass is 9.63. The zero-order valence-electron chi connectivity index (χ0n) is 22.3. The van der Waals surface area contributed by atoms with Gasteiger partial charge in [-0.3, -0.25) is 4.79 Å². The summed E-state index contributed by atoms with van der Waals surface area (Å²) in [7, 11) is 0. The van der Waals surface area contributed by atoms with Crippen LogP contribution in [0.15, 0.2) is 46.9 Å². The Balaban J connectivity index is 1.84. The number of furan rings is 1. The summed E-state index contributed by atoms with van der Waals surface area (Å²) in [4.78, 5) is 16.8. The van der Waals surface area contributed by atoms with E-state index in [0.717, 1.165) is 68.1 Å². The molecule has 0 N–H and O–H groups in total. The Morgan fingerprint density at radius 1 is 0.800 bits per heavy atom. The van der Waals surface area contributed by atoms with Gasteiger partial charge in [-0.15, -0.1) is 0 Å². The molecule has 35 heavy (non-hydrogen) atoms. The number of rotatable bonds is 13. The molecule has 0 saturated heterocycles. The number of carbonyl (C=O) groups is 1. The molecule has 0 unspecified atom stereocenters. The first-order valence-electron chi connectivity index (χ1n) is 14.1. The van der Waals surface area contributed by atoms with E-state index in [9.17, 15) is 4.79 Å². The van der Waals surface area contributed by atoms with Gasteiger partial charge in [0.2, 0.25) is 5.78 Å². The minimum atomic E-state index is -0.472. The Labute approximate surface area is 211 Å². The molecule has 0 amide bonds. The van der Waals surface area contributed by atoms with Gasteiger partial charge in [0.05, 0.1) is 5.41 Å². The maximum Gasteiger partial charge on any atom is 0.209 e. The topological polar surface area (TPSA) is 33.5 Å². The number of anilines is 1. The average molecular weight is 474 g/mol. The van der Waals surface area contributed by atoms with Crippen LogP contribution >= 0.6 is 0 Å². The van der Waals surface area contributed by atoms with E-state index in [0.29, 0.717) is 5.76 Å². The third kappa shape index (κ3) is 4.79. The van der Waals surface area contributed by atoms with Gasteiger partial charge < -0.3 is 9.32 Å². The summed E-state index contributed by atoms with van der Waals surface area (Å²) in [6.45, 7) is 11.0. The quantitative estimate of drug-likeness (QED) is 0.248. The summed E-state index contributed by atoms with van der Waals surface area (Å²) in [6, 6.07) is 15.2. The summed E-state index contributed by atoms with van der Waals surface area (Å²) in [6.07, 6.45) is 10.8. The number of benzene rings is 2. The molecule has 1 aliphatic rings. The number of carbonyl (C=O) groups excluding carboxylic acids is 1. The van der Waals surface area contributed by atoms with Crippen LogP contribution in [-0.4, -0.2) is 18.9 Å². The predicted octanol–water partition coefficient (Wildman–Crippen LogP) is 9.32. The Morgan fingerprint density at radius 3 is 2.06 bits per heavy atom. The second-order valence-corrected chi connectivity index (χ2v) is 10.3. The van der Waals surface area contributed by atoms with Gasteiger partial charge in [0.25, 0.3) is 0 Å². The maximum atomic E-state index is 14.3. The molecule has 4 rings (SSSR count). The van der Waals surface area contributed by atoms with E-state index in [1.54, 1.807) is 0 Å². The van der Waals surface area contributed by atoms with E-state index in [2.05, 4.69) is 75.1 Å². The highest BCUT2D eigenvalue weighted by molar-refractivity contribution is 6.17. The molecular formula is C32H43NO2. The monoisotopic (exact) mass is 473 g/mol. The molecule has 2 aromatic carbocycles. The van der Waals surface area contributed by atoms with Crippen molar-refractivity contribution in [3.8, 4) is 11.1 Å². The first-order valence-corrected chi connectivity index (χ1v) is 14.1. The van der Waals surface area contributed by atoms with Gasteiger partial charge in [0.1, 0.15) is 5.58 Å². The lowest BCUT2D eigenvalue weighted by Gasteiger charge is -2.37. The molecule has 0 fully saturated rings. The molecule has 0 aliphatic heterocycles. The fourth-order valence-corrected chi connectivity index (χ4v) is 5.81. The Bertz CT molecular complexity index is 1130. The minimum absolute atomic E-state index is 0.194. The molecule has 0 bridgehead atoms. The van der Waals surface area contributed by atoms with Crippen LogP contribution < -0.4 is 4.90 Å².